The number of likely N-dealkylation sites (N-methyl/N-ethyl adjacent to an activating group) is 1. The van der Waals surface area contributed by atoms with E-state index in [4.69, 9.17) is 10.2 Å². The summed E-state index contributed by atoms with van der Waals surface area (Å²) >= 11 is 0. The minimum absolute atomic E-state index is 0.458. The minimum Gasteiger partial charge on any atom is -0.387 e. The van der Waals surface area contributed by atoms with Crippen molar-refractivity contribution in [2.75, 3.05) is 19.9 Å². The van der Waals surface area contributed by atoms with Gasteiger partial charge in [-0.05, 0) is 7.05 Å². The molecule has 0 rings (SSSR count). The van der Waals surface area contributed by atoms with Crippen LogP contribution in [0.3, 0.4) is 0 Å². The van der Waals surface area contributed by atoms with Gasteiger partial charge in [-0.2, -0.15) is 8.42 Å². The van der Waals surface area contributed by atoms with Crippen LogP contribution >= 0.6 is 0 Å². The lowest BCUT2D eigenvalue weighted by molar-refractivity contribution is -0.0197. The van der Waals surface area contributed by atoms with Gasteiger partial charge in [-0.3, -0.25) is 9.50 Å². The van der Waals surface area contributed by atoms with Crippen LogP contribution in [0.15, 0.2) is 0 Å². The maximum absolute atomic E-state index is 10.4. The van der Waals surface area contributed by atoms with Crippen molar-refractivity contribution < 1.29 is 22.8 Å². The van der Waals surface area contributed by atoms with Gasteiger partial charge >= 0.3 is 0 Å². The molecule has 6 nitrogen and oxygen atoms in total. The molecule has 12 heavy (non-hydrogen) atoms. The Bertz CT molecular complexity index is 214. The Morgan fingerprint density at radius 1 is 1.50 bits per heavy atom. The van der Waals surface area contributed by atoms with E-state index < -0.39 is 29.1 Å². The van der Waals surface area contributed by atoms with Crippen LogP contribution in [0, 0.1) is 0 Å². The van der Waals surface area contributed by atoms with Crippen LogP contribution in [0.25, 0.3) is 0 Å². The molecular weight excluding hydrogens is 186 g/mol. The van der Waals surface area contributed by atoms with Gasteiger partial charge in [0.2, 0.25) is 0 Å². The van der Waals surface area contributed by atoms with Gasteiger partial charge < -0.3 is 10.2 Å². The molecule has 3 N–H and O–H groups in total. The Labute approximate surface area is 71.3 Å². The number of nitrogens with one attached hydrogen (secondary N) is 1. The lowest BCUT2D eigenvalue weighted by Crippen LogP contribution is -2.40. The highest BCUT2D eigenvalue weighted by molar-refractivity contribution is 7.85. The third-order valence-corrected chi connectivity index (χ3v) is 1.68. The van der Waals surface area contributed by atoms with Gasteiger partial charge in [-0.15, -0.1) is 0 Å². The first-order valence-electron chi connectivity index (χ1n) is 3.24. The van der Waals surface area contributed by atoms with Gasteiger partial charge in [0, 0.05) is 0 Å². The zero-order valence-corrected chi connectivity index (χ0v) is 7.71. The van der Waals surface area contributed by atoms with E-state index in [2.05, 4.69) is 9.50 Å². The molecule has 0 aromatic heterocycles. The van der Waals surface area contributed by atoms with E-state index in [0.717, 1.165) is 6.26 Å². The molecule has 2 atom stereocenters. The Balaban J connectivity index is 3.79. The summed E-state index contributed by atoms with van der Waals surface area (Å²) in [6, 6.07) is 0. The molecule has 0 bridgehead atoms. The second kappa shape index (κ2) is 4.73. The van der Waals surface area contributed by atoms with Crippen molar-refractivity contribution in [1.29, 1.82) is 0 Å². The molecule has 0 amide bonds. The van der Waals surface area contributed by atoms with E-state index in [9.17, 15) is 8.42 Å². The highest BCUT2D eigenvalue weighted by Crippen LogP contribution is 1.94. The Hall–Kier alpha value is -0.210. The van der Waals surface area contributed by atoms with Crippen LogP contribution in [-0.4, -0.2) is 50.9 Å². The Morgan fingerprint density at radius 2 is 2.00 bits per heavy atom. The summed E-state index contributed by atoms with van der Waals surface area (Å²) in [5, 5.41) is 20.2. The van der Waals surface area contributed by atoms with Gasteiger partial charge in [0.15, 0.2) is 0 Å². The van der Waals surface area contributed by atoms with Crippen LogP contribution in [0.1, 0.15) is 0 Å². The van der Waals surface area contributed by atoms with Gasteiger partial charge in [0.1, 0.15) is 12.3 Å². The molecule has 0 aromatic rings. The van der Waals surface area contributed by atoms with E-state index >= 15 is 0 Å². The molecule has 0 saturated carbocycles. The summed E-state index contributed by atoms with van der Waals surface area (Å²) in [7, 11) is -2.13. The first-order valence-corrected chi connectivity index (χ1v) is 5.06. The maximum Gasteiger partial charge on any atom is 0.264 e. The average molecular weight is 199 g/mol. The van der Waals surface area contributed by atoms with Crippen LogP contribution in [0.4, 0.5) is 0 Å². The summed E-state index contributed by atoms with van der Waals surface area (Å²) in [6.45, 7) is -0.458. The number of rotatable bonds is 5. The first-order chi connectivity index (χ1) is 5.37. The van der Waals surface area contributed by atoms with E-state index in [1.807, 2.05) is 0 Å². The Kier molecular flexibility index (Phi) is 4.64. The minimum atomic E-state index is -3.56. The SMILES string of the molecule is CNC(O)C(O)COS(C)(=O)=O. The van der Waals surface area contributed by atoms with Gasteiger partial charge in [0.25, 0.3) is 10.1 Å². The molecule has 0 aliphatic carbocycles. The van der Waals surface area contributed by atoms with Crippen molar-refractivity contribution in [2.24, 2.45) is 0 Å². The van der Waals surface area contributed by atoms with Crippen molar-refractivity contribution in [2.45, 2.75) is 12.3 Å². The third-order valence-electron chi connectivity index (χ3n) is 1.11. The quantitative estimate of drug-likeness (QED) is 0.345. The summed E-state index contributed by atoms with van der Waals surface area (Å²) < 4.78 is 25.1. The van der Waals surface area contributed by atoms with Crippen molar-refractivity contribution in [1.82, 2.24) is 5.32 Å². The van der Waals surface area contributed by atoms with E-state index in [0.29, 0.717) is 0 Å². The third kappa shape index (κ3) is 5.44. The molecule has 0 heterocycles. The zero-order valence-electron chi connectivity index (χ0n) is 6.89. The molecule has 2 unspecified atom stereocenters. The molecule has 74 valence electrons. The summed E-state index contributed by atoms with van der Waals surface area (Å²) in [6.07, 6.45) is -1.58. The van der Waals surface area contributed by atoms with Crippen LogP contribution in [0.5, 0.6) is 0 Å². The van der Waals surface area contributed by atoms with Crippen LogP contribution < -0.4 is 5.32 Å². The molecule has 0 saturated heterocycles. The van der Waals surface area contributed by atoms with Gasteiger partial charge in [0.05, 0.1) is 12.9 Å². The normalized spacial score (nSPS) is 17.3. The first kappa shape index (κ1) is 11.8. The lowest BCUT2D eigenvalue weighted by atomic mass is 10.3. The number of hydrogen-bond donors (Lipinski definition) is 3. The van der Waals surface area contributed by atoms with Crippen LogP contribution in [0.2, 0.25) is 0 Å². The monoisotopic (exact) mass is 199 g/mol. The smallest absolute Gasteiger partial charge is 0.264 e. The highest BCUT2D eigenvalue weighted by atomic mass is 32.2. The topological polar surface area (TPSA) is 95.9 Å². The summed E-state index contributed by atoms with van der Waals surface area (Å²) in [5.74, 6) is 0. The van der Waals surface area contributed by atoms with Crippen molar-refractivity contribution >= 4 is 10.1 Å². The van der Waals surface area contributed by atoms with Gasteiger partial charge in [-0.1, -0.05) is 0 Å². The molecule has 7 heteroatoms. The lowest BCUT2D eigenvalue weighted by Gasteiger charge is -2.15. The number of aliphatic hydroxyl groups is 2. The molecular formula is C5H13NO5S. The molecule has 0 spiro atoms. The van der Waals surface area contributed by atoms with Crippen LogP contribution in [-0.2, 0) is 14.3 Å². The highest BCUT2D eigenvalue weighted by Gasteiger charge is 2.16. The second-order valence-corrected chi connectivity index (χ2v) is 3.93. The molecule has 0 aliphatic rings. The second-order valence-electron chi connectivity index (χ2n) is 2.29. The number of hydrogen-bond acceptors (Lipinski definition) is 6. The van der Waals surface area contributed by atoms with Crippen molar-refractivity contribution in [3.8, 4) is 0 Å². The van der Waals surface area contributed by atoms with Crippen molar-refractivity contribution in [3.05, 3.63) is 0 Å². The predicted molar refractivity (Wildman–Crippen MR) is 41.9 cm³/mol. The fourth-order valence-electron chi connectivity index (χ4n) is 0.477. The molecule has 0 aromatic carbocycles. The molecule has 0 fully saturated rings. The Morgan fingerprint density at radius 3 is 2.33 bits per heavy atom. The average Bonchev–Trinajstić information content (AvgIpc) is 1.97. The fraction of sp³-hybridized carbons (Fsp3) is 1.00. The van der Waals surface area contributed by atoms with E-state index in [1.165, 1.54) is 7.05 Å². The predicted octanol–water partition coefficient (Wildman–Crippen LogP) is -2.14. The van der Waals surface area contributed by atoms with E-state index in [-0.39, 0.29) is 0 Å². The zero-order chi connectivity index (χ0) is 9.78. The standard InChI is InChI=1S/C5H13NO5S/c1-6-5(8)4(7)3-11-12(2,9)10/h4-8H,3H2,1-2H3. The summed E-state index contributed by atoms with van der Waals surface area (Å²) in [5.41, 5.74) is 0. The van der Waals surface area contributed by atoms with Gasteiger partial charge in [-0.25, -0.2) is 0 Å². The molecule has 0 radical (unpaired) electrons. The largest absolute Gasteiger partial charge is 0.387 e. The van der Waals surface area contributed by atoms with Crippen molar-refractivity contribution in [3.63, 3.8) is 0 Å². The summed E-state index contributed by atoms with van der Waals surface area (Å²) in [4.78, 5) is 0. The number of aliphatic hydroxyl groups excluding tert-OH is 2. The van der Waals surface area contributed by atoms with E-state index in [1.54, 1.807) is 0 Å². The fourth-order valence-corrected chi connectivity index (χ4v) is 0.863. The maximum atomic E-state index is 10.4. The molecule has 0 aliphatic heterocycles.